The van der Waals surface area contributed by atoms with Gasteiger partial charge in [0.25, 0.3) is 5.91 Å². The molecule has 0 aliphatic rings. The summed E-state index contributed by atoms with van der Waals surface area (Å²) in [6.07, 6.45) is 0. The number of amides is 1. The van der Waals surface area contributed by atoms with Crippen LogP contribution < -0.4 is 19.9 Å². The van der Waals surface area contributed by atoms with E-state index in [1.807, 2.05) is 0 Å². The highest BCUT2D eigenvalue weighted by atomic mass is 16.5. The Balaban J connectivity index is 2.08. The van der Waals surface area contributed by atoms with Crippen molar-refractivity contribution in [1.82, 2.24) is 0 Å². The van der Waals surface area contributed by atoms with Crippen LogP contribution >= 0.6 is 0 Å². The first-order chi connectivity index (χ1) is 12.0. The number of carbonyl (C=O) groups is 1. The molecule has 0 fully saturated rings. The van der Waals surface area contributed by atoms with Gasteiger partial charge in [-0.3, -0.25) is 4.79 Å². The van der Waals surface area contributed by atoms with E-state index < -0.39 is 5.91 Å². The monoisotopic (exact) mass is 346 g/mol. The Labute approximate surface area is 144 Å². The van der Waals surface area contributed by atoms with Crippen molar-refractivity contribution < 1.29 is 29.3 Å². The lowest BCUT2D eigenvalue weighted by Crippen LogP contribution is -2.20. The van der Waals surface area contributed by atoms with Gasteiger partial charge in [-0.05, 0) is 24.3 Å². The average molecular weight is 346 g/mol. The average Bonchev–Trinajstić information content (AvgIpc) is 2.62. The second-order valence-corrected chi connectivity index (χ2v) is 4.95. The van der Waals surface area contributed by atoms with Crippen molar-refractivity contribution in [2.75, 3.05) is 20.3 Å². The number of hydrogen-bond donors (Lipinski definition) is 3. The first-order valence-corrected chi connectivity index (χ1v) is 7.25. The molecule has 0 aliphatic heterocycles. The van der Waals surface area contributed by atoms with Crippen molar-refractivity contribution in [1.29, 1.82) is 0 Å². The molecule has 132 valence electrons. The molecule has 8 nitrogen and oxygen atoms in total. The lowest BCUT2D eigenvalue weighted by molar-refractivity contribution is -0.119. The van der Waals surface area contributed by atoms with Crippen LogP contribution in [-0.4, -0.2) is 42.3 Å². The summed E-state index contributed by atoms with van der Waals surface area (Å²) in [6.45, 7) is -0.391. The van der Waals surface area contributed by atoms with Gasteiger partial charge in [0.05, 0.1) is 7.11 Å². The predicted octanol–water partition coefficient (Wildman–Crippen LogP) is 1.52. The number of nitrogens with zero attached hydrogens (tertiary/aromatic N) is 1. The van der Waals surface area contributed by atoms with E-state index in [2.05, 4.69) is 5.16 Å². The van der Waals surface area contributed by atoms with E-state index in [4.69, 9.17) is 19.9 Å². The molecule has 2 aromatic carbocycles. The molecular weight excluding hydrogens is 328 g/mol. The Hall–Kier alpha value is -3.42. The summed E-state index contributed by atoms with van der Waals surface area (Å²) in [4.78, 5) is 10.7. The first kappa shape index (κ1) is 17.9. The number of ether oxygens (including phenoxy) is 3. The molecule has 2 rings (SSSR count). The minimum Gasteiger partial charge on any atom is -0.507 e. The van der Waals surface area contributed by atoms with E-state index in [0.717, 1.165) is 0 Å². The fraction of sp³-hybridized carbons (Fsp3) is 0.176. The number of nitrogens with two attached hydrogens (primary N) is 1. The minimum absolute atomic E-state index is 0.0846. The third kappa shape index (κ3) is 5.03. The molecule has 25 heavy (non-hydrogen) atoms. The van der Waals surface area contributed by atoms with Gasteiger partial charge in [-0.15, -0.1) is 0 Å². The zero-order chi connectivity index (χ0) is 18.2. The van der Waals surface area contributed by atoms with E-state index in [9.17, 15) is 15.1 Å². The van der Waals surface area contributed by atoms with E-state index in [-0.39, 0.29) is 36.0 Å². The van der Waals surface area contributed by atoms with Crippen LogP contribution in [0.2, 0.25) is 0 Å². The van der Waals surface area contributed by atoms with E-state index in [1.165, 1.54) is 18.2 Å². The molecule has 0 bridgehead atoms. The number of carbonyl (C=O) groups excluding carboxylic acids is 1. The van der Waals surface area contributed by atoms with E-state index >= 15 is 0 Å². The van der Waals surface area contributed by atoms with Crippen molar-refractivity contribution in [3.05, 3.63) is 48.0 Å². The Bertz CT molecular complexity index is 775. The molecule has 2 aromatic rings. The molecule has 4 N–H and O–H groups in total. The second-order valence-electron chi connectivity index (χ2n) is 4.95. The lowest BCUT2D eigenvalue weighted by atomic mass is 10.1. The summed E-state index contributed by atoms with van der Waals surface area (Å²) in [5.74, 6) is 0.572. The van der Waals surface area contributed by atoms with Crippen LogP contribution in [0.25, 0.3) is 0 Å². The Morgan fingerprint density at radius 2 is 1.76 bits per heavy atom. The molecule has 0 saturated carbocycles. The van der Waals surface area contributed by atoms with Gasteiger partial charge >= 0.3 is 0 Å². The number of benzene rings is 2. The fourth-order valence-corrected chi connectivity index (χ4v) is 2.00. The van der Waals surface area contributed by atoms with Gasteiger partial charge in [0.15, 0.2) is 6.61 Å². The number of primary amides is 1. The highest BCUT2D eigenvalue weighted by Gasteiger charge is 2.13. The Morgan fingerprint density at radius 1 is 1.08 bits per heavy atom. The number of phenolic OH excluding ortho intramolecular Hbond substituents is 1. The van der Waals surface area contributed by atoms with E-state index in [0.29, 0.717) is 11.5 Å². The van der Waals surface area contributed by atoms with Gasteiger partial charge in [-0.25, -0.2) is 0 Å². The van der Waals surface area contributed by atoms with Crippen LogP contribution in [0, 0.1) is 0 Å². The molecular formula is C17H18N2O6. The first-order valence-electron chi connectivity index (χ1n) is 7.25. The number of oxime groups is 1. The summed E-state index contributed by atoms with van der Waals surface area (Å²) in [6, 6.07) is 11.2. The van der Waals surface area contributed by atoms with E-state index in [1.54, 1.807) is 31.4 Å². The maximum Gasteiger partial charge on any atom is 0.255 e. The van der Waals surface area contributed by atoms with Gasteiger partial charge < -0.3 is 30.3 Å². The van der Waals surface area contributed by atoms with Crippen LogP contribution in [0.5, 0.6) is 23.0 Å². The van der Waals surface area contributed by atoms with Gasteiger partial charge in [0.2, 0.25) is 0 Å². The number of aromatic hydroxyl groups is 1. The minimum atomic E-state index is -0.632. The quantitative estimate of drug-likeness (QED) is 0.378. The summed E-state index contributed by atoms with van der Waals surface area (Å²) >= 11 is 0. The smallest absolute Gasteiger partial charge is 0.255 e. The molecule has 0 aliphatic carbocycles. The van der Waals surface area contributed by atoms with Gasteiger partial charge in [0.1, 0.15) is 35.3 Å². The largest absolute Gasteiger partial charge is 0.507 e. The standard InChI is InChI=1S/C17H18N2O6/c1-23-11-3-2-4-12(7-11)24-9-15(19-22)14-6-5-13(8-16(14)20)25-10-17(18)21/h2-8,20,22H,9-10H2,1H3,(H2,18,21)/b19-15+. The second kappa shape index (κ2) is 8.44. The third-order valence-electron chi connectivity index (χ3n) is 3.20. The molecule has 0 saturated heterocycles. The molecule has 1 amide bonds. The number of rotatable bonds is 8. The van der Waals surface area contributed by atoms with Crippen LogP contribution in [0.3, 0.4) is 0 Å². The summed E-state index contributed by atoms with van der Waals surface area (Å²) in [5, 5.41) is 22.4. The number of hydrogen-bond acceptors (Lipinski definition) is 7. The van der Waals surface area contributed by atoms with Crippen molar-refractivity contribution in [3.63, 3.8) is 0 Å². The van der Waals surface area contributed by atoms with Crippen molar-refractivity contribution >= 4 is 11.6 Å². The maximum atomic E-state index is 10.7. The van der Waals surface area contributed by atoms with Gasteiger partial charge in [0, 0.05) is 17.7 Å². The zero-order valence-electron chi connectivity index (χ0n) is 13.5. The van der Waals surface area contributed by atoms with Crippen molar-refractivity contribution in [3.8, 4) is 23.0 Å². The Morgan fingerprint density at radius 3 is 2.40 bits per heavy atom. The number of methoxy groups -OCH3 is 1. The summed E-state index contributed by atoms with van der Waals surface area (Å²) < 4.78 is 15.7. The summed E-state index contributed by atoms with van der Waals surface area (Å²) in [7, 11) is 1.54. The fourth-order valence-electron chi connectivity index (χ4n) is 2.00. The molecule has 0 radical (unpaired) electrons. The van der Waals surface area contributed by atoms with Gasteiger partial charge in [-0.1, -0.05) is 11.2 Å². The molecule has 8 heteroatoms. The van der Waals surface area contributed by atoms with Crippen LogP contribution in [0.4, 0.5) is 0 Å². The SMILES string of the molecule is COc1cccc(OC/C(=N\O)c2ccc(OCC(N)=O)cc2O)c1. The van der Waals surface area contributed by atoms with Gasteiger partial charge in [-0.2, -0.15) is 0 Å². The molecule has 0 unspecified atom stereocenters. The highest BCUT2D eigenvalue weighted by Crippen LogP contribution is 2.25. The highest BCUT2D eigenvalue weighted by molar-refractivity contribution is 6.03. The zero-order valence-corrected chi connectivity index (χ0v) is 13.5. The van der Waals surface area contributed by atoms with Crippen LogP contribution in [0.1, 0.15) is 5.56 Å². The predicted molar refractivity (Wildman–Crippen MR) is 89.6 cm³/mol. The van der Waals surface area contributed by atoms with Crippen molar-refractivity contribution in [2.45, 2.75) is 0 Å². The topological polar surface area (TPSA) is 124 Å². The molecule has 0 atom stereocenters. The normalized spacial score (nSPS) is 11.0. The molecule has 0 heterocycles. The maximum absolute atomic E-state index is 10.7. The molecule has 0 aromatic heterocycles. The number of phenols is 1. The van der Waals surface area contributed by atoms with Crippen LogP contribution in [0.15, 0.2) is 47.6 Å². The lowest BCUT2D eigenvalue weighted by Gasteiger charge is -2.11. The third-order valence-corrected chi connectivity index (χ3v) is 3.20. The molecule has 0 spiro atoms. The summed E-state index contributed by atoms with van der Waals surface area (Å²) in [5.41, 5.74) is 5.36. The Kier molecular flexibility index (Phi) is 6.05. The van der Waals surface area contributed by atoms with Crippen molar-refractivity contribution in [2.24, 2.45) is 10.9 Å². The van der Waals surface area contributed by atoms with Crippen LogP contribution in [-0.2, 0) is 4.79 Å².